The van der Waals surface area contributed by atoms with E-state index < -0.39 is 6.04 Å². The molecule has 3 amide bonds. The Kier molecular flexibility index (Phi) is 10.0. The van der Waals surface area contributed by atoms with Crippen LogP contribution in [-0.2, 0) is 14.4 Å². The lowest BCUT2D eigenvalue weighted by Crippen LogP contribution is -2.56. The maximum atomic E-state index is 13.6. The molecule has 2 aliphatic rings. The zero-order valence-corrected chi connectivity index (χ0v) is 24.2. The molecule has 0 bridgehead atoms. The van der Waals surface area contributed by atoms with Gasteiger partial charge in [0.25, 0.3) is 0 Å². The predicted molar refractivity (Wildman–Crippen MR) is 148 cm³/mol. The lowest BCUT2D eigenvalue weighted by molar-refractivity contribution is -0.141. The molecule has 2 heterocycles. The molecule has 7 nitrogen and oxygen atoms in total. The highest BCUT2D eigenvalue weighted by Gasteiger charge is 2.41. The molecule has 3 rings (SSSR count). The zero-order valence-electron chi connectivity index (χ0n) is 23.4. The number of rotatable bonds is 9. The van der Waals surface area contributed by atoms with Crippen molar-refractivity contribution in [2.75, 3.05) is 46.8 Å². The van der Waals surface area contributed by atoms with Crippen molar-refractivity contribution in [1.29, 1.82) is 0 Å². The van der Waals surface area contributed by atoms with Gasteiger partial charge in [0.05, 0.1) is 5.92 Å². The fourth-order valence-electron chi connectivity index (χ4n) is 5.74. The summed E-state index contributed by atoms with van der Waals surface area (Å²) < 4.78 is 0. The van der Waals surface area contributed by atoms with E-state index in [2.05, 4.69) is 36.2 Å². The molecule has 0 spiro atoms. The monoisotopic (exact) mass is 532 g/mol. The van der Waals surface area contributed by atoms with Crippen molar-refractivity contribution in [3.8, 4) is 0 Å². The Balaban J connectivity index is 1.57. The number of amides is 3. The molecule has 8 heteroatoms. The Labute approximate surface area is 227 Å². The van der Waals surface area contributed by atoms with Gasteiger partial charge >= 0.3 is 0 Å². The maximum Gasteiger partial charge on any atom is 0.245 e. The molecule has 0 radical (unpaired) electrons. The summed E-state index contributed by atoms with van der Waals surface area (Å²) in [7, 11) is 3.99. The van der Waals surface area contributed by atoms with Crippen LogP contribution >= 0.6 is 11.6 Å². The number of halogens is 1. The van der Waals surface area contributed by atoms with Crippen molar-refractivity contribution >= 4 is 29.3 Å². The zero-order chi connectivity index (χ0) is 27.3. The van der Waals surface area contributed by atoms with Gasteiger partial charge in [-0.2, -0.15) is 0 Å². The number of carbonyl (C=O) groups is 3. The number of benzene rings is 1. The maximum absolute atomic E-state index is 13.6. The van der Waals surface area contributed by atoms with Gasteiger partial charge in [0.15, 0.2) is 0 Å². The quantitative estimate of drug-likeness (QED) is 0.521. The van der Waals surface area contributed by atoms with Crippen LogP contribution in [0.15, 0.2) is 24.3 Å². The van der Waals surface area contributed by atoms with Crippen molar-refractivity contribution in [3.05, 3.63) is 34.9 Å². The predicted octanol–water partition coefficient (Wildman–Crippen LogP) is 4.01. The fourth-order valence-corrected chi connectivity index (χ4v) is 5.87. The molecule has 3 atom stereocenters. The van der Waals surface area contributed by atoms with Gasteiger partial charge in [0.2, 0.25) is 17.7 Å². The van der Waals surface area contributed by atoms with E-state index in [0.717, 1.165) is 24.4 Å². The molecule has 0 saturated carbocycles. The molecule has 1 N–H and O–H groups in total. The van der Waals surface area contributed by atoms with E-state index in [1.807, 2.05) is 45.0 Å². The summed E-state index contributed by atoms with van der Waals surface area (Å²) in [6.45, 7) is 11.6. The van der Waals surface area contributed by atoms with Crippen LogP contribution in [0.2, 0.25) is 5.02 Å². The number of hydrogen-bond acceptors (Lipinski definition) is 4. The fraction of sp³-hybridized carbons (Fsp3) is 0.690. The number of hydrogen-bond donors (Lipinski definition) is 1. The van der Waals surface area contributed by atoms with E-state index in [-0.39, 0.29) is 35.0 Å². The lowest BCUT2D eigenvalue weighted by atomic mass is 9.70. The van der Waals surface area contributed by atoms with E-state index in [1.165, 1.54) is 5.56 Å². The van der Waals surface area contributed by atoms with E-state index in [4.69, 9.17) is 11.6 Å². The van der Waals surface area contributed by atoms with Crippen molar-refractivity contribution in [1.82, 2.24) is 20.0 Å². The van der Waals surface area contributed by atoms with E-state index >= 15 is 0 Å². The molecule has 0 unspecified atom stereocenters. The van der Waals surface area contributed by atoms with Crippen LogP contribution in [0, 0.1) is 17.3 Å². The highest BCUT2D eigenvalue weighted by Crippen LogP contribution is 2.42. The molecule has 1 aromatic rings. The summed E-state index contributed by atoms with van der Waals surface area (Å²) in [5.74, 6) is 0.0178. The molecule has 2 fully saturated rings. The van der Waals surface area contributed by atoms with E-state index in [0.29, 0.717) is 44.9 Å². The van der Waals surface area contributed by atoms with Gasteiger partial charge in [0.1, 0.15) is 6.04 Å². The average Bonchev–Trinajstić information content (AvgIpc) is 3.32. The number of nitrogens with one attached hydrogen (secondary N) is 1. The average molecular weight is 533 g/mol. The molecule has 206 valence electrons. The van der Waals surface area contributed by atoms with Gasteiger partial charge in [-0.25, -0.2) is 0 Å². The van der Waals surface area contributed by atoms with Crippen LogP contribution in [-0.4, -0.2) is 85.3 Å². The van der Waals surface area contributed by atoms with Gasteiger partial charge < -0.3 is 20.0 Å². The Morgan fingerprint density at radius 2 is 1.73 bits per heavy atom. The summed E-state index contributed by atoms with van der Waals surface area (Å²) >= 11 is 6.08. The molecule has 2 saturated heterocycles. The Hall–Kier alpha value is -2.12. The molecule has 37 heavy (non-hydrogen) atoms. The van der Waals surface area contributed by atoms with Crippen molar-refractivity contribution in [2.24, 2.45) is 17.3 Å². The van der Waals surface area contributed by atoms with Gasteiger partial charge in [-0.1, -0.05) is 51.4 Å². The minimum absolute atomic E-state index is 0.0133. The van der Waals surface area contributed by atoms with Crippen LogP contribution in [0.1, 0.15) is 64.9 Å². The molecule has 1 aromatic carbocycles. The van der Waals surface area contributed by atoms with Crippen molar-refractivity contribution in [3.63, 3.8) is 0 Å². The number of carbonyl (C=O) groups excluding carboxylic acids is 3. The summed E-state index contributed by atoms with van der Waals surface area (Å²) in [5, 5.41) is 3.79. The minimum Gasteiger partial charge on any atom is -0.344 e. The standard InChI is InChI=1S/C29H45ClN4O3/c1-20(2)26(31-27(36)22-13-16-33(18-22)25(35)8-7-15-32(5)6)28(37)34-17-14-24(29(3,4)19-34)21-9-11-23(30)12-10-21/h9-12,20,22,24,26H,7-8,13-19H2,1-6H3,(H,31,36)/t22-,24-,26-/m1/s1. The highest BCUT2D eigenvalue weighted by molar-refractivity contribution is 6.30. The minimum atomic E-state index is -0.569. The third-order valence-electron chi connectivity index (χ3n) is 7.95. The molecular weight excluding hydrogens is 488 g/mol. The largest absolute Gasteiger partial charge is 0.344 e. The van der Waals surface area contributed by atoms with Crippen LogP contribution in [0.25, 0.3) is 0 Å². The van der Waals surface area contributed by atoms with Crippen molar-refractivity contribution in [2.45, 2.75) is 65.3 Å². The lowest BCUT2D eigenvalue weighted by Gasteiger charge is -2.45. The summed E-state index contributed by atoms with van der Waals surface area (Å²) in [6, 6.07) is 7.45. The van der Waals surface area contributed by atoms with E-state index in [1.54, 1.807) is 4.90 Å². The topological polar surface area (TPSA) is 73.0 Å². The molecule has 2 aliphatic heterocycles. The first kappa shape index (κ1) is 29.4. The second kappa shape index (κ2) is 12.6. The number of piperidine rings is 1. The Morgan fingerprint density at radius 3 is 2.32 bits per heavy atom. The van der Waals surface area contributed by atoms with Crippen LogP contribution in [0.3, 0.4) is 0 Å². The Bertz CT molecular complexity index is 947. The normalized spacial score (nSPS) is 22.4. The Morgan fingerprint density at radius 1 is 1.08 bits per heavy atom. The highest BCUT2D eigenvalue weighted by atomic mass is 35.5. The first-order valence-corrected chi connectivity index (χ1v) is 14.0. The first-order chi connectivity index (χ1) is 17.4. The SMILES string of the molecule is CC(C)[C@@H](NC(=O)[C@@H]1CCN(C(=O)CCCN(C)C)C1)C(=O)N1CC[C@H](c2ccc(Cl)cc2)C(C)(C)C1. The number of likely N-dealkylation sites (tertiary alicyclic amines) is 2. The smallest absolute Gasteiger partial charge is 0.245 e. The van der Waals surface area contributed by atoms with Crippen molar-refractivity contribution < 1.29 is 14.4 Å². The molecular formula is C29H45ClN4O3. The summed E-state index contributed by atoms with van der Waals surface area (Å²) in [4.78, 5) is 45.2. The van der Waals surface area contributed by atoms with Crippen LogP contribution < -0.4 is 5.32 Å². The van der Waals surface area contributed by atoms with Gasteiger partial charge in [-0.05, 0) is 74.8 Å². The summed E-state index contributed by atoms with van der Waals surface area (Å²) in [5.41, 5.74) is 1.14. The first-order valence-electron chi connectivity index (χ1n) is 13.7. The number of nitrogens with zero attached hydrogens (tertiary/aromatic N) is 3. The van der Waals surface area contributed by atoms with Crippen LogP contribution in [0.4, 0.5) is 0 Å². The second-order valence-electron chi connectivity index (χ2n) is 12.1. The third-order valence-corrected chi connectivity index (χ3v) is 8.20. The summed E-state index contributed by atoms with van der Waals surface area (Å²) in [6.07, 6.45) is 2.83. The van der Waals surface area contributed by atoms with E-state index in [9.17, 15) is 14.4 Å². The second-order valence-corrected chi connectivity index (χ2v) is 12.5. The van der Waals surface area contributed by atoms with Gasteiger partial charge in [0, 0.05) is 37.6 Å². The third kappa shape index (κ3) is 7.70. The van der Waals surface area contributed by atoms with Gasteiger partial charge in [-0.15, -0.1) is 0 Å². The molecule has 0 aliphatic carbocycles. The molecule has 0 aromatic heterocycles. The van der Waals surface area contributed by atoms with Crippen LogP contribution in [0.5, 0.6) is 0 Å². The van der Waals surface area contributed by atoms with Gasteiger partial charge in [-0.3, -0.25) is 14.4 Å².